The number of hydrogen-bond acceptors (Lipinski definition) is 3. The molecule has 3 N–H and O–H groups in total. The van der Waals surface area contributed by atoms with Crippen LogP contribution in [-0.2, 0) is 11.2 Å². The zero-order chi connectivity index (χ0) is 13.7. The zero-order valence-electron chi connectivity index (χ0n) is 11.4. The van der Waals surface area contributed by atoms with E-state index in [1.54, 1.807) is 7.11 Å². The van der Waals surface area contributed by atoms with Crippen molar-refractivity contribution in [1.29, 1.82) is 0 Å². The molecule has 1 aromatic carbocycles. The van der Waals surface area contributed by atoms with E-state index in [0.717, 1.165) is 31.6 Å². The van der Waals surface area contributed by atoms with Crippen LogP contribution in [0.5, 0.6) is 5.75 Å². The van der Waals surface area contributed by atoms with Crippen molar-refractivity contribution in [2.24, 2.45) is 5.73 Å². The molecule has 0 spiro atoms. The third-order valence-electron chi connectivity index (χ3n) is 3.66. The van der Waals surface area contributed by atoms with Gasteiger partial charge in [0.1, 0.15) is 5.75 Å². The number of methoxy groups -OCH3 is 1. The zero-order valence-corrected chi connectivity index (χ0v) is 11.4. The topological polar surface area (TPSA) is 64.3 Å². The van der Waals surface area contributed by atoms with Gasteiger partial charge in [-0.15, -0.1) is 0 Å². The summed E-state index contributed by atoms with van der Waals surface area (Å²) in [6.45, 7) is 0.824. The summed E-state index contributed by atoms with van der Waals surface area (Å²) in [4.78, 5) is 10.7. The molecule has 0 saturated heterocycles. The number of ether oxygens (including phenoxy) is 1. The molecule has 0 aliphatic heterocycles. The molecule has 104 valence electrons. The molecule has 0 radical (unpaired) electrons. The Morgan fingerprint density at radius 1 is 1.53 bits per heavy atom. The van der Waals surface area contributed by atoms with Gasteiger partial charge in [-0.05, 0) is 55.5 Å². The highest BCUT2D eigenvalue weighted by Gasteiger charge is 2.20. The molecule has 0 aromatic heterocycles. The Labute approximate surface area is 114 Å². The molecule has 0 saturated carbocycles. The van der Waals surface area contributed by atoms with E-state index < -0.39 is 0 Å². The number of carbonyl (C=O) groups excluding carboxylic acids is 1. The number of carbonyl (C=O) groups is 1. The summed E-state index contributed by atoms with van der Waals surface area (Å²) in [7, 11) is 1.69. The number of benzene rings is 1. The number of primary amides is 1. The first kappa shape index (κ1) is 13.9. The lowest BCUT2D eigenvalue weighted by molar-refractivity contribution is -0.118. The molecule has 1 atom stereocenters. The van der Waals surface area contributed by atoms with E-state index in [1.807, 2.05) is 6.07 Å². The van der Waals surface area contributed by atoms with Crippen molar-refractivity contribution >= 4 is 5.91 Å². The number of rotatable bonds is 6. The Bertz CT molecular complexity index is 446. The van der Waals surface area contributed by atoms with Crippen molar-refractivity contribution in [3.8, 4) is 5.75 Å². The van der Waals surface area contributed by atoms with Crippen LogP contribution in [0.15, 0.2) is 18.2 Å². The fourth-order valence-corrected chi connectivity index (χ4v) is 2.66. The van der Waals surface area contributed by atoms with Gasteiger partial charge >= 0.3 is 0 Å². The second kappa shape index (κ2) is 6.57. The molecule has 19 heavy (non-hydrogen) atoms. The molecule has 0 bridgehead atoms. The third-order valence-corrected chi connectivity index (χ3v) is 3.66. The van der Waals surface area contributed by atoms with Crippen LogP contribution in [0, 0.1) is 0 Å². The summed E-state index contributed by atoms with van der Waals surface area (Å²) in [6, 6.07) is 6.67. The molecule has 1 aromatic rings. The number of fused-ring (bicyclic) bond motifs is 1. The Hall–Kier alpha value is -1.55. The maximum atomic E-state index is 10.7. The standard InChI is InChI=1S/C15H22N2O2/c1-19-12-8-7-11-4-2-5-14(13(11)10-12)17-9-3-6-15(16)18/h7-8,10,14,17H,2-6,9H2,1H3,(H2,16,18). The average Bonchev–Trinajstić information content (AvgIpc) is 2.43. The van der Waals surface area contributed by atoms with E-state index in [1.165, 1.54) is 17.5 Å². The monoisotopic (exact) mass is 262 g/mol. The average molecular weight is 262 g/mol. The van der Waals surface area contributed by atoms with Crippen molar-refractivity contribution in [2.75, 3.05) is 13.7 Å². The lowest BCUT2D eigenvalue weighted by Gasteiger charge is -2.27. The highest BCUT2D eigenvalue weighted by Crippen LogP contribution is 2.32. The van der Waals surface area contributed by atoms with Gasteiger partial charge in [-0.25, -0.2) is 0 Å². The lowest BCUT2D eigenvalue weighted by atomic mass is 9.87. The predicted molar refractivity (Wildman–Crippen MR) is 75.1 cm³/mol. The fraction of sp³-hybridized carbons (Fsp3) is 0.533. The van der Waals surface area contributed by atoms with Crippen molar-refractivity contribution in [1.82, 2.24) is 5.32 Å². The number of aryl methyl sites for hydroxylation is 1. The second-order valence-electron chi connectivity index (χ2n) is 5.03. The highest BCUT2D eigenvalue weighted by atomic mass is 16.5. The molecular weight excluding hydrogens is 240 g/mol. The van der Waals surface area contributed by atoms with Crippen LogP contribution in [0.2, 0.25) is 0 Å². The van der Waals surface area contributed by atoms with Gasteiger partial charge in [0.05, 0.1) is 7.11 Å². The maximum Gasteiger partial charge on any atom is 0.217 e. The summed E-state index contributed by atoms with van der Waals surface area (Å²) in [6.07, 6.45) is 4.72. The SMILES string of the molecule is COc1ccc2c(c1)C(NCCCC(N)=O)CCC2. The first-order chi connectivity index (χ1) is 9.20. The molecular formula is C15H22N2O2. The van der Waals surface area contributed by atoms with Crippen molar-refractivity contribution in [2.45, 2.75) is 38.1 Å². The first-order valence-electron chi connectivity index (χ1n) is 6.89. The van der Waals surface area contributed by atoms with E-state index in [2.05, 4.69) is 17.4 Å². The Morgan fingerprint density at radius 3 is 3.11 bits per heavy atom. The van der Waals surface area contributed by atoms with E-state index >= 15 is 0 Å². The summed E-state index contributed by atoms with van der Waals surface area (Å²) >= 11 is 0. The molecule has 0 fully saturated rings. The van der Waals surface area contributed by atoms with Gasteiger partial charge in [0.25, 0.3) is 0 Å². The smallest absolute Gasteiger partial charge is 0.217 e. The van der Waals surface area contributed by atoms with Gasteiger partial charge in [0.15, 0.2) is 0 Å². The molecule has 1 aliphatic rings. The van der Waals surface area contributed by atoms with Gasteiger partial charge in [0.2, 0.25) is 5.91 Å². The van der Waals surface area contributed by atoms with Gasteiger partial charge < -0.3 is 15.8 Å². The number of hydrogen-bond donors (Lipinski definition) is 2. The van der Waals surface area contributed by atoms with Gasteiger partial charge in [-0.1, -0.05) is 6.07 Å². The van der Waals surface area contributed by atoms with E-state index in [-0.39, 0.29) is 5.91 Å². The number of amides is 1. The van der Waals surface area contributed by atoms with Gasteiger partial charge in [0, 0.05) is 12.5 Å². The minimum atomic E-state index is -0.229. The lowest BCUT2D eigenvalue weighted by Crippen LogP contribution is -2.27. The largest absolute Gasteiger partial charge is 0.497 e. The van der Waals surface area contributed by atoms with Crippen LogP contribution in [0.3, 0.4) is 0 Å². The van der Waals surface area contributed by atoms with Crippen molar-refractivity contribution in [3.05, 3.63) is 29.3 Å². The van der Waals surface area contributed by atoms with Crippen LogP contribution in [0.1, 0.15) is 42.9 Å². The summed E-state index contributed by atoms with van der Waals surface area (Å²) in [5.74, 6) is 0.678. The number of nitrogens with two attached hydrogens (primary N) is 1. The van der Waals surface area contributed by atoms with Crippen LogP contribution in [0.4, 0.5) is 0 Å². The summed E-state index contributed by atoms with van der Waals surface area (Å²) < 4.78 is 5.30. The van der Waals surface area contributed by atoms with Crippen LogP contribution >= 0.6 is 0 Å². The molecule has 4 heteroatoms. The van der Waals surface area contributed by atoms with Crippen LogP contribution in [-0.4, -0.2) is 19.6 Å². The van der Waals surface area contributed by atoms with Crippen molar-refractivity contribution in [3.63, 3.8) is 0 Å². The Balaban J connectivity index is 1.98. The van der Waals surface area contributed by atoms with E-state index in [0.29, 0.717) is 12.5 Å². The summed E-state index contributed by atoms with van der Waals surface area (Å²) in [5, 5.41) is 3.52. The normalized spacial score (nSPS) is 17.8. The minimum Gasteiger partial charge on any atom is -0.497 e. The molecule has 0 heterocycles. The highest BCUT2D eigenvalue weighted by molar-refractivity contribution is 5.73. The molecule has 1 amide bonds. The molecule has 2 rings (SSSR count). The van der Waals surface area contributed by atoms with E-state index in [9.17, 15) is 4.79 Å². The van der Waals surface area contributed by atoms with Gasteiger partial charge in [-0.3, -0.25) is 4.79 Å². The second-order valence-corrected chi connectivity index (χ2v) is 5.03. The predicted octanol–water partition coefficient (Wildman–Crippen LogP) is 1.93. The molecule has 4 nitrogen and oxygen atoms in total. The van der Waals surface area contributed by atoms with Crippen molar-refractivity contribution < 1.29 is 9.53 Å². The Kier molecular flexibility index (Phi) is 4.80. The van der Waals surface area contributed by atoms with Crippen LogP contribution in [0.25, 0.3) is 0 Å². The first-order valence-corrected chi connectivity index (χ1v) is 6.89. The third kappa shape index (κ3) is 3.70. The quantitative estimate of drug-likeness (QED) is 0.770. The minimum absolute atomic E-state index is 0.229. The molecule has 1 aliphatic carbocycles. The Morgan fingerprint density at radius 2 is 2.37 bits per heavy atom. The number of nitrogens with one attached hydrogen (secondary N) is 1. The van der Waals surface area contributed by atoms with Crippen LogP contribution < -0.4 is 15.8 Å². The van der Waals surface area contributed by atoms with E-state index in [4.69, 9.17) is 10.5 Å². The molecule has 1 unspecified atom stereocenters. The van der Waals surface area contributed by atoms with Gasteiger partial charge in [-0.2, -0.15) is 0 Å². The summed E-state index contributed by atoms with van der Waals surface area (Å²) in [5.41, 5.74) is 7.88. The fourth-order valence-electron chi connectivity index (χ4n) is 2.66. The maximum absolute atomic E-state index is 10.7.